The fourth-order valence-electron chi connectivity index (χ4n) is 2.94. The largest absolute Gasteiger partial charge is 0.312 e. The Hall–Kier alpha value is -1.98. The van der Waals surface area contributed by atoms with E-state index in [2.05, 4.69) is 35.4 Å². The molecule has 5 nitrogen and oxygen atoms in total. The van der Waals surface area contributed by atoms with Gasteiger partial charge >= 0.3 is 0 Å². The maximum absolute atomic E-state index is 6.11. The number of nitrogens with one attached hydrogen (secondary N) is 1. The first-order valence-electron chi connectivity index (χ1n) is 7.83. The van der Waals surface area contributed by atoms with Crippen LogP contribution in [0.2, 0.25) is 5.15 Å². The smallest absolute Gasteiger partial charge is 0.129 e. The maximum Gasteiger partial charge on any atom is 0.129 e. The van der Waals surface area contributed by atoms with Crippen LogP contribution in [-0.2, 0) is 0 Å². The van der Waals surface area contributed by atoms with Gasteiger partial charge in [0.25, 0.3) is 0 Å². The van der Waals surface area contributed by atoms with E-state index in [-0.39, 0.29) is 0 Å². The lowest BCUT2D eigenvalue weighted by atomic mass is 9.97. The fraction of sp³-hybridized carbons (Fsp3) is 0.353. The van der Waals surface area contributed by atoms with E-state index in [1.807, 2.05) is 29.3 Å². The highest BCUT2D eigenvalue weighted by atomic mass is 35.5. The topological polar surface area (TPSA) is 55.6 Å². The molecule has 4 heterocycles. The lowest BCUT2D eigenvalue weighted by molar-refractivity contribution is 0.318. The number of aromatic nitrogens is 4. The standard InChI is InChI=1S/C17H18ClN5/c1-10(2)14-7-21-17(15-8-20-16(18)3-13(14)15)11-4-22-23(9-11)12-5-19-6-12/h3-4,7-10,12,19H,5-6H2,1-2H3. The van der Waals surface area contributed by atoms with Gasteiger partial charge in [-0.2, -0.15) is 5.10 Å². The van der Waals surface area contributed by atoms with E-state index in [1.54, 1.807) is 0 Å². The summed E-state index contributed by atoms with van der Waals surface area (Å²) in [6.07, 6.45) is 7.70. The monoisotopic (exact) mass is 327 g/mol. The van der Waals surface area contributed by atoms with Crippen molar-refractivity contribution in [2.45, 2.75) is 25.8 Å². The summed E-state index contributed by atoms with van der Waals surface area (Å²) in [5.74, 6) is 0.376. The molecule has 0 amide bonds. The van der Waals surface area contributed by atoms with Crippen molar-refractivity contribution in [2.24, 2.45) is 0 Å². The van der Waals surface area contributed by atoms with E-state index in [1.165, 1.54) is 5.56 Å². The van der Waals surface area contributed by atoms with Crippen molar-refractivity contribution in [1.29, 1.82) is 0 Å². The van der Waals surface area contributed by atoms with Gasteiger partial charge in [-0.05, 0) is 22.9 Å². The molecule has 0 unspecified atom stereocenters. The first-order valence-corrected chi connectivity index (χ1v) is 8.20. The summed E-state index contributed by atoms with van der Waals surface area (Å²) >= 11 is 6.11. The van der Waals surface area contributed by atoms with Crippen LogP contribution in [0.5, 0.6) is 0 Å². The molecule has 1 aliphatic rings. The van der Waals surface area contributed by atoms with Crippen LogP contribution >= 0.6 is 11.6 Å². The number of hydrogen-bond donors (Lipinski definition) is 1. The van der Waals surface area contributed by atoms with E-state index in [0.29, 0.717) is 17.1 Å². The van der Waals surface area contributed by atoms with Gasteiger partial charge in [0.2, 0.25) is 0 Å². The van der Waals surface area contributed by atoms with E-state index < -0.39 is 0 Å². The Morgan fingerprint density at radius 3 is 2.70 bits per heavy atom. The second-order valence-corrected chi connectivity index (χ2v) is 6.68. The summed E-state index contributed by atoms with van der Waals surface area (Å²) in [7, 11) is 0. The molecule has 0 aliphatic carbocycles. The van der Waals surface area contributed by atoms with Crippen LogP contribution in [-0.4, -0.2) is 32.8 Å². The van der Waals surface area contributed by atoms with Crippen molar-refractivity contribution in [3.05, 3.63) is 41.6 Å². The van der Waals surface area contributed by atoms with Crippen LogP contribution in [0.1, 0.15) is 31.4 Å². The Morgan fingerprint density at radius 2 is 2.00 bits per heavy atom. The Balaban J connectivity index is 1.87. The SMILES string of the molecule is CC(C)c1cnc(-c2cnn(C3CNC3)c2)c2cnc(Cl)cc12. The molecule has 1 N–H and O–H groups in total. The Labute approximate surface area is 139 Å². The molecular weight excluding hydrogens is 310 g/mol. The molecule has 0 saturated carbocycles. The molecule has 1 saturated heterocycles. The summed E-state index contributed by atoms with van der Waals surface area (Å²) in [6, 6.07) is 2.37. The Morgan fingerprint density at radius 1 is 1.17 bits per heavy atom. The van der Waals surface area contributed by atoms with Crippen LogP contribution in [0.4, 0.5) is 0 Å². The van der Waals surface area contributed by atoms with E-state index in [4.69, 9.17) is 16.6 Å². The van der Waals surface area contributed by atoms with Gasteiger partial charge < -0.3 is 5.32 Å². The number of halogens is 1. The second-order valence-electron chi connectivity index (χ2n) is 6.29. The van der Waals surface area contributed by atoms with Crippen LogP contribution in [0, 0.1) is 0 Å². The van der Waals surface area contributed by atoms with Gasteiger partial charge in [0.15, 0.2) is 0 Å². The Kier molecular flexibility index (Phi) is 3.54. The summed E-state index contributed by atoms with van der Waals surface area (Å²) in [6.45, 7) is 6.26. The van der Waals surface area contributed by atoms with Crippen molar-refractivity contribution < 1.29 is 0 Å². The van der Waals surface area contributed by atoms with Crippen molar-refractivity contribution >= 4 is 22.4 Å². The van der Waals surface area contributed by atoms with Crippen LogP contribution < -0.4 is 5.32 Å². The normalized spacial score (nSPS) is 15.3. The molecule has 0 atom stereocenters. The highest BCUT2D eigenvalue weighted by molar-refractivity contribution is 6.30. The fourth-order valence-corrected chi connectivity index (χ4v) is 3.10. The summed E-state index contributed by atoms with van der Waals surface area (Å²) < 4.78 is 2.01. The van der Waals surface area contributed by atoms with Crippen LogP contribution in [0.15, 0.2) is 30.9 Å². The third-order valence-corrected chi connectivity index (χ3v) is 4.61. The zero-order chi connectivity index (χ0) is 16.0. The first-order chi connectivity index (χ1) is 11.1. The third kappa shape index (κ3) is 2.50. The maximum atomic E-state index is 6.11. The second kappa shape index (κ2) is 5.58. The molecule has 3 aromatic rings. The predicted octanol–water partition coefficient (Wildman–Crippen LogP) is 3.41. The molecule has 0 radical (unpaired) electrons. The van der Waals surface area contributed by atoms with Crippen molar-refractivity contribution in [3.63, 3.8) is 0 Å². The minimum atomic E-state index is 0.376. The lowest BCUT2D eigenvalue weighted by Gasteiger charge is -2.27. The van der Waals surface area contributed by atoms with Gasteiger partial charge in [0.1, 0.15) is 5.15 Å². The van der Waals surface area contributed by atoms with E-state index in [9.17, 15) is 0 Å². The van der Waals surface area contributed by atoms with Gasteiger partial charge in [0, 0.05) is 42.6 Å². The average molecular weight is 328 g/mol. The minimum absolute atomic E-state index is 0.376. The van der Waals surface area contributed by atoms with Crippen molar-refractivity contribution in [1.82, 2.24) is 25.1 Å². The van der Waals surface area contributed by atoms with Gasteiger partial charge in [-0.3, -0.25) is 9.67 Å². The molecular formula is C17H18ClN5. The van der Waals surface area contributed by atoms with Gasteiger partial charge in [-0.1, -0.05) is 25.4 Å². The number of pyridine rings is 2. The summed E-state index contributed by atoms with van der Waals surface area (Å²) in [5.41, 5.74) is 3.11. The van der Waals surface area contributed by atoms with Crippen molar-refractivity contribution in [3.8, 4) is 11.3 Å². The van der Waals surface area contributed by atoms with E-state index in [0.717, 1.165) is 35.1 Å². The molecule has 1 aliphatic heterocycles. The third-order valence-electron chi connectivity index (χ3n) is 4.40. The highest BCUT2D eigenvalue weighted by Gasteiger charge is 2.20. The molecule has 3 aromatic heterocycles. The molecule has 1 fully saturated rings. The highest BCUT2D eigenvalue weighted by Crippen LogP contribution is 2.32. The molecule has 6 heteroatoms. The molecule has 0 aromatic carbocycles. The molecule has 4 rings (SSSR count). The molecule has 23 heavy (non-hydrogen) atoms. The number of hydrogen-bond acceptors (Lipinski definition) is 4. The zero-order valence-corrected chi connectivity index (χ0v) is 13.9. The number of fused-ring (bicyclic) bond motifs is 1. The predicted molar refractivity (Wildman–Crippen MR) is 91.8 cm³/mol. The lowest BCUT2D eigenvalue weighted by Crippen LogP contribution is -2.43. The Bertz CT molecular complexity index is 867. The van der Waals surface area contributed by atoms with Gasteiger partial charge in [-0.25, -0.2) is 4.98 Å². The zero-order valence-electron chi connectivity index (χ0n) is 13.1. The quantitative estimate of drug-likeness (QED) is 0.749. The van der Waals surface area contributed by atoms with Gasteiger partial charge in [-0.15, -0.1) is 0 Å². The molecule has 118 valence electrons. The van der Waals surface area contributed by atoms with E-state index >= 15 is 0 Å². The number of rotatable bonds is 3. The van der Waals surface area contributed by atoms with Crippen LogP contribution in [0.3, 0.4) is 0 Å². The molecule has 0 spiro atoms. The van der Waals surface area contributed by atoms with Gasteiger partial charge in [0.05, 0.1) is 17.9 Å². The van der Waals surface area contributed by atoms with Crippen molar-refractivity contribution in [2.75, 3.05) is 13.1 Å². The first kappa shape index (κ1) is 14.6. The summed E-state index contributed by atoms with van der Waals surface area (Å²) in [5, 5.41) is 10.4. The minimum Gasteiger partial charge on any atom is -0.312 e. The van der Waals surface area contributed by atoms with Crippen LogP contribution in [0.25, 0.3) is 22.0 Å². The number of nitrogens with zero attached hydrogens (tertiary/aromatic N) is 4. The summed E-state index contributed by atoms with van der Waals surface area (Å²) in [4.78, 5) is 8.94. The average Bonchev–Trinajstić information content (AvgIpc) is 2.92. The molecule has 0 bridgehead atoms.